The molecule has 1 aromatic carbocycles. The molecule has 1 N–H and O–H groups in total. The van der Waals surface area contributed by atoms with Gasteiger partial charge in [-0.3, -0.25) is 4.68 Å². The summed E-state index contributed by atoms with van der Waals surface area (Å²) in [6.07, 6.45) is 1.74. The van der Waals surface area contributed by atoms with E-state index in [0.717, 1.165) is 28.9 Å². The lowest BCUT2D eigenvalue weighted by atomic mass is 9.98. The van der Waals surface area contributed by atoms with Crippen LogP contribution in [-0.4, -0.2) is 20.9 Å². The largest absolute Gasteiger partial charge is 0.478 e. The van der Waals surface area contributed by atoms with Gasteiger partial charge in [0.05, 0.1) is 11.8 Å². The van der Waals surface area contributed by atoms with E-state index in [9.17, 15) is 9.90 Å². The van der Waals surface area contributed by atoms with Crippen LogP contribution in [0.2, 0.25) is 0 Å². The molecule has 0 bridgehead atoms. The van der Waals surface area contributed by atoms with Gasteiger partial charge in [0.2, 0.25) is 0 Å². The molecule has 0 spiro atoms. The number of rotatable bonds is 3. The lowest BCUT2D eigenvalue weighted by molar-refractivity contribution is 0.0698. The molecule has 2 aromatic rings. The average Bonchev–Trinajstić information content (AvgIpc) is 2.69. The van der Waals surface area contributed by atoms with Gasteiger partial charge in [-0.25, -0.2) is 4.79 Å². The van der Waals surface area contributed by atoms with Gasteiger partial charge in [-0.05, 0) is 32.4 Å². The highest BCUT2D eigenvalue weighted by Gasteiger charge is 2.15. The predicted molar refractivity (Wildman–Crippen MR) is 69.8 cm³/mol. The third-order valence-corrected chi connectivity index (χ3v) is 3.10. The SMILES string of the molecule is CCn1ncc(-c2cc(C)ccc2C(=O)O)c1C. The number of hydrogen-bond donors (Lipinski definition) is 1. The van der Waals surface area contributed by atoms with E-state index in [1.165, 1.54) is 0 Å². The first-order valence-corrected chi connectivity index (χ1v) is 5.91. The molecule has 18 heavy (non-hydrogen) atoms. The number of aromatic nitrogens is 2. The highest BCUT2D eigenvalue weighted by molar-refractivity contribution is 5.96. The molecule has 94 valence electrons. The van der Waals surface area contributed by atoms with E-state index in [-0.39, 0.29) is 0 Å². The van der Waals surface area contributed by atoms with Gasteiger partial charge in [-0.15, -0.1) is 0 Å². The molecule has 0 aliphatic carbocycles. The number of hydrogen-bond acceptors (Lipinski definition) is 2. The fraction of sp³-hybridized carbons (Fsp3) is 0.286. The number of aromatic carboxylic acids is 1. The van der Waals surface area contributed by atoms with Crippen LogP contribution in [0.3, 0.4) is 0 Å². The summed E-state index contributed by atoms with van der Waals surface area (Å²) in [5.41, 5.74) is 3.97. The second-order valence-electron chi connectivity index (χ2n) is 4.31. The summed E-state index contributed by atoms with van der Waals surface area (Å²) in [5, 5.41) is 13.5. The number of aryl methyl sites for hydroxylation is 2. The van der Waals surface area contributed by atoms with Crippen molar-refractivity contribution in [3.8, 4) is 11.1 Å². The molecule has 1 aromatic heterocycles. The Morgan fingerprint density at radius 1 is 1.33 bits per heavy atom. The monoisotopic (exact) mass is 244 g/mol. The van der Waals surface area contributed by atoms with Crippen molar-refractivity contribution in [2.75, 3.05) is 0 Å². The van der Waals surface area contributed by atoms with Crippen LogP contribution in [0.1, 0.15) is 28.5 Å². The van der Waals surface area contributed by atoms with Crippen LogP contribution in [0.15, 0.2) is 24.4 Å². The fourth-order valence-corrected chi connectivity index (χ4v) is 2.10. The van der Waals surface area contributed by atoms with E-state index in [0.29, 0.717) is 5.56 Å². The van der Waals surface area contributed by atoms with Gasteiger partial charge in [0.25, 0.3) is 0 Å². The maximum absolute atomic E-state index is 11.3. The number of benzene rings is 1. The maximum atomic E-state index is 11.3. The Hall–Kier alpha value is -2.10. The molecule has 0 saturated carbocycles. The molecule has 0 saturated heterocycles. The van der Waals surface area contributed by atoms with Crippen molar-refractivity contribution in [2.24, 2.45) is 0 Å². The van der Waals surface area contributed by atoms with Crippen molar-refractivity contribution in [1.82, 2.24) is 9.78 Å². The highest BCUT2D eigenvalue weighted by atomic mass is 16.4. The lowest BCUT2D eigenvalue weighted by Crippen LogP contribution is -2.02. The number of carbonyl (C=O) groups is 1. The van der Waals surface area contributed by atoms with Crippen molar-refractivity contribution in [1.29, 1.82) is 0 Å². The van der Waals surface area contributed by atoms with Gasteiger partial charge in [0, 0.05) is 17.8 Å². The Labute approximate surface area is 106 Å². The Balaban J connectivity index is 2.65. The zero-order valence-corrected chi connectivity index (χ0v) is 10.8. The van der Waals surface area contributed by atoms with E-state index >= 15 is 0 Å². The highest BCUT2D eigenvalue weighted by Crippen LogP contribution is 2.27. The van der Waals surface area contributed by atoms with Gasteiger partial charge in [0.1, 0.15) is 0 Å². The Kier molecular flexibility index (Phi) is 3.19. The summed E-state index contributed by atoms with van der Waals surface area (Å²) in [4.78, 5) is 11.3. The van der Waals surface area contributed by atoms with Crippen LogP contribution in [0, 0.1) is 13.8 Å². The molecular weight excluding hydrogens is 228 g/mol. The summed E-state index contributed by atoms with van der Waals surface area (Å²) in [5.74, 6) is -0.909. The molecule has 2 rings (SSSR count). The van der Waals surface area contributed by atoms with E-state index < -0.39 is 5.97 Å². The summed E-state index contributed by atoms with van der Waals surface area (Å²) in [6, 6.07) is 5.36. The van der Waals surface area contributed by atoms with Crippen LogP contribution < -0.4 is 0 Å². The van der Waals surface area contributed by atoms with Crippen molar-refractivity contribution >= 4 is 5.97 Å². The summed E-state index contributed by atoms with van der Waals surface area (Å²) >= 11 is 0. The predicted octanol–water partition coefficient (Wildman–Crippen LogP) is 2.89. The molecule has 0 amide bonds. The van der Waals surface area contributed by atoms with Gasteiger partial charge in [0.15, 0.2) is 0 Å². The van der Waals surface area contributed by atoms with Gasteiger partial charge < -0.3 is 5.11 Å². The molecule has 0 radical (unpaired) electrons. The summed E-state index contributed by atoms with van der Waals surface area (Å²) < 4.78 is 1.86. The minimum Gasteiger partial charge on any atom is -0.478 e. The molecule has 1 heterocycles. The smallest absolute Gasteiger partial charge is 0.336 e. The van der Waals surface area contributed by atoms with E-state index in [2.05, 4.69) is 5.10 Å². The first kappa shape index (κ1) is 12.4. The lowest BCUT2D eigenvalue weighted by Gasteiger charge is -2.07. The molecule has 0 fully saturated rings. The van der Waals surface area contributed by atoms with Crippen molar-refractivity contribution in [2.45, 2.75) is 27.3 Å². The van der Waals surface area contributed by atoms with E-state index in [1.807, 2.05) is 37.6 Å². The Morgan fingerprint density at radius 2 is 2.06 bits per heavy atom. The molecule has 0 atom stereocenters. The number of carboxylic acids is 1. The van der Waals surface area contributed by atoms with Crippen molar-refractivity contribution < 1.29 is 9.90 Å². The first-order chi connectivity index (χ1) is 8.54. The summed E-state index contributed by atoms with van der Waals surface area (Å²) in [7, 11) is 0. The number of nitrogens with zero attached hydrogens (tertiary/aromatic N) is 2. The molecule has 4 heteroatoms. The maximum Gasteiger partial charge on any atom is 0.336 e. The second-order valence-corrected chi connectivity index (χ2v) is 4.31. The molecule has 0 aliphatic rings. The third kappa shape index (κ3) is 2.01. The second kappa shape index (κ2) is 4.64. The van der Waals surface area contributed by atoms with Crippen molar-refractivity contribution in [3.05, 3.63) is 41.2 Å². The van der Waals surface area contributed by atoms with Gasteiger partial charge in [-0.1, -0.05) is 17.7 Å². The summed E-state index contributed by atoms with van der Waals surface area (Å²) in [6.45, 7) is 6.70. The van der Waals surface area contributed by atoms with Gasteiger partial charge in [-0.2, -0.15) is 5.10 Å². The van der Waals surface area contributed by atoms with Crippen LogP contribution in [0.25, 0.3) is 11.1 Å². The van der Waals surface area contributed by atoms with E-state index in [1.54, 1.807) is 12.3 Å². The Morgan fingerprint density at radius 3 is 2.61 bits per heavy atom. The van der Waals surface area contributed by atoms with Crippen LogP contribution in [-0.2, 0) is 6.54 Å². The Bertz CT molecular complexity index is 600. The van der Waals surface area contributed by atoms with Crippen LogP contribution >= 0.6 is 0 Å². The average molecular weight is 244 g/mol. The quantitative estimate of drug-likeness (QED) is 0.903. The van der Waals surface area contributed by atoms with Crippen LogP contribution in [0.4, 0.5) is 0 Å². The third-order valence-electron chi connectivity index (χ3n) is 3.10. The fourth-order valence-electron chi connectivity index (χ4n) is 2.10. The minimum atomic E-state index is -0.909. The number of carboxylic acid groups (broad SMARTS) is 1. The topological polar surface area (TPSA) is 55.1 Å². The van der Waals surface area contributed by atoms with Crippen LogP contribution in [0.5, 0.6) is 0 Å². The molecular formula is C14H16N2O2. The zero-order valence-electron chi connectivity index (χ0n) is 10.8. The van der Waals surface area contributed by atoms with Gasteiger partial charge >= 0.3 is 5.97 Å². The molecule has 0 unspecified atom stereocenters. The zero-order chi connectivity index (χ0) is 13.3. The minimum absolute atomic E-state index is 0.319. The van der Waals surface area contributed by atoms with Crippen molar-refractivity contribution in [3.63, 3.8) is 0 Å². The van der Waals surface area contributed by atoms with E-state index in [4.69, 9.17) is 0 Å². The standard InChI is InChI=1S/C14H16N2O2/c1-4-16-10(3)13(8-15-16)12-7-9(2)5-6-11(12)14(17)18/h5-8H,4H2,1-3H3,(H,17,18). The molecule has 0 aliphatic heterocycles. The molecule has 4 nitrogen and oxygen atoms in total. The normalized spacial score (nSPS) is 10.6. The first-order valence-electron chi connectivity index (χ1n) is 5.91.